The van der Waals surface area contributed by atoms with Crippen LogP contribution in [0.4, 0.5) is 0 Å². The third kappa shape index (κ3) is 4.19. The molecule has 0 aromatic heterocycles. The molecule has 1 aliphatic heterocycles. The second-order valence-corrected chi connectivity index (χ2v) is 8.50. The van der Waals surface area contributed by atoms with Crippen molar-refractivity contribution >= 4 is 17.6 Å². The number of hydrogen-bond acceptors (Lipinski definition) is 3. The van der Waals surface area contributed by atoms with Gasteiger partial charge >= 0.3 is 0 Å². The number of likely N-dealkylation sites (N-methyl/N-ethyl adjacent to an activating group) is 1. The van der Waals surface area contributed by atoms with E-state index < -0.39 is 5.41 Å². The summed E-state index contributed by atoms with van der Waals surface area (Å²) in [5.74, 6) is 0.260. The Morgan fingerprint density at radius 1 is 1.03 bits per heavy atom. The number of carbonyl (C=O) groups excluding carboxylic acids is 2. The molecule has 1 heterocycles. The van der Waals surface area contributed by atoms with Crippen molar-refractivity contribution in [1.29, 1.82) is 5.41 Å². The molecule has 0 spiro atoms. The number of hydrogen-bond donors (Lipinski definition) is 2. The lowest BCUT2D eigenvalue weighted by atomic mass is 9.79. The van der Waals surface area contributed by atoms with E-state index in [-0.39, 0.29) is 11.8 Å². The zero-order valence-corrected chi connectivity index (χ0v) is 18.4. The van der Waals surface area contributed by atoms with Crippen LogP contribution in [-0.4, -0.2) is 29.6 Å². The molecule has 3 aromatic rings. The van der Waals surface area contributed by atoms with Crippen LogP contribution >= 0.6 is 0 Å². The smallest absolute Gasteiger partial charge is 0.238 e. The van der Waals surface area contributed by atoms with Gasteiger partial charge in [0.2, 0.25) is 11.8 Å². The fourth-order valence-corrected chi connectivity index (χ4v) is 4.27. The van der Waals surface area contributed by atoms with Crippen LogP contribution in [-0.2, 0) is 28.0 Å². The number of carbonyl (C=O) groups is 2. The molecule has 2 N–H and O–H groups in total. The van der Waals surface area contributed by atoms with Crippen molar-refractivity contribution in [3.05, 3.63) is 95.6 Å². The molecule has 1 unspecified atom stereocenters. The summed E-state index contributed by atoms with van der Waals surface area (Å²) in [5.41, 5.74) is 4.17. The number of likely N-dealkylation sites (tertiary alicyclic amines) is 1. The van der Waals surface area contributed by atoms with Crippen LogP contribution in [0.2, 0.25) is 0 Å². The molecular weight excluding hydrogens is 398 g/mol. The predicted molar refractivity (Wildman–Crippen MR) is 126 cm³/mol. The summed E-state index contributed by atoms with van der Waals surface area (Å²) in [6, 6.07) is 25.6. The predicted octanol–water partition coefficient (Wildman–Crippen LogP) is 4.31. The van der Waals surface area contributed by atoms with Gasteiger partial charge < -0.3 is 10.2 Å². The SMILES string of the molecule is CN1C(=N)CC(C)(c2cccc(-c3ccccc3CNC(=O)Cc3ccccc3)c2)C1=O. The molecule has 5 nitrogen and oxygen atoms in total. The molecule has 1 fully saturated rings. The Balaban J connectivity index is 1.55. The van der Waals surface area contributed by atoms with Crippen LogP contribution in [0.1, 0.15) is 30.0 Å². The van der Waals surface area contributed by atoms with Gasteiger partial charge in [-0.15, -0.1) is 0 Å². The minimum atomic E-state index is -0.735. The van der Waals surface area contributed by atoms with Crippen molar-refractivity contribution in [2.24, 2.45) is 0 Å². The third-order valence-electron chi connectivity index (χ3n) is 6.21. The third-order valence-corrected chi connectivity index (χ3v) is 6.21. The van der Waals surface area contributed by atoms with Crippen LogP contribution in [0.5, 0.6) is 0 Å². The first-order chi connectivity index (χ1) is 15.4. The average molecular weight is 426 g/mol. The van der Waals surface area contributed by atoms with Crippen molar-refractivity contribution in [3.63, 3.8) is 0 Å². The van der Waals surface area contributed by atoms with Gasteiger partial charge in [-0.1, -0.05) is 78.9 Å². The van der Waals surface area contributed by atoms with E-state index in [1.165, 1.54) is 4.90 Å². The summed E-state index contributed by atoms with van der Waals surface area (Å²) >= 11 is 0. The molecule has 162 valence electrons. The van der Waals surface area contributed by atoms with Crippen LogP contribution in [0.15, 0.2) is 78.9 Å². The van der Waals surface area contributed by atoms with E-state index >= 15 is 0 Å². The second kappa shape index (κ2) is 8.79. The van der Waals surface area contributed by atoms with Gasteiger partial charge in [0.1, 0.15) is 5.84 Å². The Hall–Kier alpha value is -3.73. The fraction of sp³-hybridized carbons (Fsp3) is 0.222. The van der Waals surface area contributed by atoms with Gasteiger partial charge in [-0.3, -0.25) is 15.0 Å². The first-order valence-corrected chi connectivity index (χ1v) is 10.7. The lowest BCUT2D eigenvalue weighted by Gasteiger charge is -2.23. The highest BCUT2D eigenvalue weighted by Gasteiger charge is 2.45. The summed E-state index contributed by atoms with van der Waals surface area (Å²) in [7, 11) is 1.66. The lowest BCUT2D eigenvalue weighted by Crippen LogP contribution is -2.34. The second-order valence-electron chi connectivity index (χ2n) is 8.50. The standard InChI is InChI=1S/C27H27N3O2/c1-27(17-24(28)30(2)26(27)32)22-13-8-12-20(16-22)23-14-7-6-11-21(23)18-29-25(31)15-19-9-4-3-5-10-19/h3-14,16,28H,15,17-18H2,1-2H3,(H,29,31). The molecule has 1 aliphatic rings. The average Bonchev–Trinajstić information content (AvgIpc) is 3.02. The lowest BCUT2D eigenvalue weighted by molar-refractivity contribution is -0.129. The van der Waals surface area contributed by atoms with Crippen LogP contribution in [0.25, 0.3) is 11.1 Å². The van der Waals surface area contributed by atoms with Crippen LogP contribution in [0.3, 0.4) is 0 Å². The van der Waals surface area contributed by atoms with E-state index in [4.69, 9.17) is 5.41 Å². The summed E-state index contributed by atoms with van der Waals surface area (Å²) in [4.78, 5) is 26.7. The monoisotopic (exact) mass is 425 g/mol. The van der Waals surface area contributed by atoms with Gasteiger partial charge in [-0.05, 0) is 34.7 Å². The van der Waals surface area contributed by atoms with Crippen molar-refractivity contribution in [1.82, 2.24) is 10.2 Å². The van der Waals surface area contributed by atoms with E-state index in [9.17, 15) is 9.59 Å². The molecule has 0 aliphatic carbocycles. The largest absolute Gasteiger partial charge is 0.352 e. The Kier molecular flexibility index (Phi) is 5.91. The number of amides is 2. The molecule has 0 saturated carbocycles. The van der Waals surface area contributed by atoms with Crippen molar-refractivity contribution in [3.8, 4) is 11.1 Å². The normalized spacial score (nSPS) is 18.1. The maximum atomic E-state index is 12.8. The van der Waals surface area contributed by atoms with Gasteiger partial charge in [-0.25, -0.2) is 0 Å². The summed E-state index contributed by atoms with van der Waals surface area (Å²) < 4.78 is 0. The maximum absolute atomic E-state index is 12.8. The van der Waals surface area contributed by atoms with Gasteiger partial charge in [0.05, 0.1) is 11.8 Å². The molecule has 32 heavy (non-hydrogen) atoms. The molecule has 0 radical (unpaired) electrons. The van der Waals surface area contributed by atoms with Crippen molar-refractivity contribution in [2.45, 2.75) is 31.7 Å². The minimum Gasteiger partial charge on any atom is -0.352 e. The highest BCUT2D eigenvalue weighted by atomic mass is 16.2. The van der Waals surface area contributed by atoms with Gasteiger partial charge in [0.15, 0.2) is 0 Å². The summed E-state index contributed by atoms with van der Waals surface area (Å²) in [5, 5.41) is 11.1. The molecule has 3 aromatic carbocycles. The first-order valence-electron chi connectivity index (χ1n) is 10.7. The Labute approximate surface area is 188 Å². The van der Waals surface area contributed by atoms with E-state index in [0.29, 0.717) is 25.2 Å². The molecule has 0 bridgehead atoms. The quantitative estimate of drug-likeness (QED) is 0.618. The Morgan fingerprint density at radius 2 is 1.75 bits per heavy atom. The highest BCUT2D eigenvalue weighted by molar-refractivity contribution is 6.09. The zero-order valence-electron chi connectivity index (χ0n) is 18.4. The van der Waals surface area contributed by atoms with E-state index in [2.05, 4.69) is 5.32 Å². The molecule has 2 amide bonds. The van der Waals surface area contributed by atoms with Gasteiger partial charge in [0, 0.05) is 20.0 Å². The van der Waals surface area contributed by atoms with Gasteiger partial charge in [-0.2, -0.15) is 0 Å². The topological polar surface area (TPSA) is 73.3 Å². The number of nitrogens with zero attached hydrogens (tertiary/aromatic N) is 1. The van der Waals surface area contributed by atoms with Crippen molar-refractivity contribution < 1.29 is 9.59 Å². The molecule has 5 heteroatoms. The number of benzene rings is 3. The number of nitrogens with one attached hydrogen (secondary N) is 2. The fourth-order valence-electron chi connectivity index (χ4n) is 4.27. The maximum Gasteiger partial charge on any atom is 0.238 e. The minimum absolute atomic E-state index is 0.0228. The summed E-state index contributed by atoms with van der Waals surface area (Å²) in [6.07, 6.45) is 0.738. The molecule has 4 rings (SSSR count). The summed E-state index contributed by atoms with van der Waals surface area (Å²) in [6.45, 7) is 2.33. The van der Waals surface area contributed by atoms with Crippen molar-refractivity contribution in [2.75, 3.05) is 7.05 Å². The van der Waals surface area contributed by atoms with Crippen LogP contribution in [0, 0.1) is 5.41 Å². The van der Waals surface area contributed by atoms with E-state index in [1.807, 2.05) is 85.8 Å². The Bertz CT molecular complexity index is 1170. The van der Waals surface area contributed by atoms with E-state index in [0.717, 1.165) is 27.8 Å². The molecule has 1 saturated heterocycles. The first kappa shape index (κ1) is 21.5. The number of amidine groups is 1. The van der Waals surface area contributed by atoms with Gasteiger partial charge in [0.25, 0.3) is 0 Å². The van der Waals surface area contributed by atoms with E-state index in [1.54, 1.807) is 7.05 Å². The Morgan fingerprint density at radius 3 is 2.47 bits per heavy atom. The number of rotatable bonds is 6. The molecule has 1 atom stereocenters. The zero-order chi connectivity index (χ0) is 22.7. The highest BCUT2D eigenvalue weighted by Crippen LogP contribution is 2.37. The van der Waals surface area contributed by atoms with Crippen LogP contribution < -0.4 is 5.32 Å². The molecular formula is C27H27N3O2.